The normalized spacial score (nSPS) is 15.1. The van der Waals surface area contributed by atoms with Gasteiger partial charge in [-0.05, 0) is 25.1 Å². The van der Waals surface area contributed by atoms with Gasteiger partial charge in [-0.1, -0.05) is 18.2 Å². The molecule has 1 amide bonds. The number of furan rings is 2. The first-order valence-corrected chi connectivity index (χ1v) is 9.51. The van der Waals surface area contributed by atoms with Gasteiger partial charge in [0.1, 0.15) is 12.1 Å². The molecule has 0 unspecified atom stereocenters. The van der Waals surface area contributed by atoms with Crippen LogP contribution in [0.4, 0.5) is 0 Å². The van der Waals surface area contributed by atoms with Crippen LogP contribution in [0.1, 0.15) is 33.6 Å². The van der Waals surface area contributed by atoms with Gasteiger partial charge in [0.25, 0.3) is 5.91 Å². The highest BCUT2D eigenvalue weighted by atomic mass is 16.5. The standard InChI is InChI=1S/C21H22N2O5/c1-2-26-21(25)19-16(15-6-3-4-7-17(15)28-19)14-22-9-11-23(12-10-22)20(24)18-8-5-13-27-18/h3-8,13H,2,9-12,14H2,1H3/p+1. The van der Waals surface area contributed by atoms with Crippen molar-refractivity contribution in [3.05, 3.63) is 59.7 Å². The molecule has 1 aliphatic heterocycles. The van der Waals surface area contributed by atoms with Crippen LogP contribution < -0.4 is 4.90 Å². The molecule has 7 nitrogen and oxygen atoms in total. The first kappa shape index (κ1) is 18.3. The van der Waals surface area contributed by atoms with Crippen molar-refractivity contribution in [3.8, 4) is 0 Å². The number of para-hydroxylation sites is 1. The van der Waals surface area contributed by atoms with Crippen LogP contribution in [0.25, 0.3) is 11.0 Å². The number of rotatable bonds is 5. The van der Waals surface area contributed by atoms with E-state index in [0.717, 1.165) is 24.0 Å². The summed E-state index contributed by atoms with van der Waals surface area (Å²) in [5.41, 5.74) is 1.56. The van der Waals surface area contributed by atoms with Crippen LogP contribution in [-0.4, -0.2) is 49.6 Å². The number of ether oxygens (including phenoxy) is 1. The van der Waals surface area contributed by atoms with E-state index in [2.05, 4.69) is 0 Å². The lowest BCUT2D eigenvalue weighted by Crippen LogP contribution is -3.13. The molecule has 0 saturated carbocycles. The van der Waals surface area contributed by atoms with Crippen LogP contribution in [0, 0.1) is 0 Å². The molecule has 0 bridgehead atoms. The number of esters is 1. The summed E-state index contributed by atoms with van der Waals surface area (Å²) in [6, 6.07) is 11.0. The number of fused-ring (bicyclic) bond motifs is 1. The molecular formula is C21H23N2O5+. The molecule has 7 heteroatoms. The Balaban J connectivity index is 1.49. The lowest BCUT2D eigenvalue weighted by molar-refractivity contribution is -0.917. The molecular weight excluding hydrogens is 360 g/mol. The molecule has 0 radical (unpaired) electrons. The van der Waals surface area contributed by atoms with E-state index < -0.39 is 5.97 Å². The van der Waals surface area contributed by atoms with Crippen molar-refractivity contribution in [2.24, 2.45) is 0 Å². The van der Waals surface area contributed by atoms with Crippen LogP contribution in [-0.2, 0) is 11.3 Å². The molecule has 146 valence electrons. The van der Waals surface area contributed by atoms with Gasteiger partial charge in [-0.15, -0.1) is 0 Å². The number of quaternary nitrogens is 1. The molecule has 0 aliphatic carbocycles. The van der Waals surface area contributed by atoms with E-state index in [-0.39, 0.29) is 11.7 Å². The molecule has 28 heavy (non-hydrogen) atoms. The van der Waals surface area contributed by atoms with Crippen molar-refractivity contribution in [1.29, 1.82) is 0 Å². The van der Waals surface area contributed by atoms with Gasteiger partial charge in [0.15, 0.2) is 5.76 Å². The van der Waals surface area contributed by atoms with Gasteiger partial charge in [-0.25, -0.2) is 4.79 Å². The molecule has 1 saturated heterocycles. The fourth-order valence-electron chi connectivity index (χ4n) is 3.64. The van der Waals surface area contributed by atoms with Gasteiger partial charge in [0.05, 0.1) is 44.6 Å². The van der Waals surface area contributed by atoms with E-state index in [4.69, 9.17) is 13.6 Å². The number of nitrogens with one attached hydrogen (secondary N) is 1. The van der Waals surface area contributed by atoms with Gasteiger partial charge in [-0.2, -0.15) is 0 Å². The maximum Gasteiger partial charge on any atom is 0.374 e. The van der Waals surface area contributed by atoms with E-state index in [1.165, 1.54) is 11.2 Å². The number of carbonyl (C=O) groups excluding carboxylic acids is 2. The summed E-state index contributed by atoms with van der Waals surface area (Å²) >= 11 is 0. The number of piperazine rings is 1. The smallest absolute Gasteiger partial charge is 0.374 e. The fraction of sp³-hybridized carbons (Fsp3) is 0.333. The van der Waals surface area contributed by atoms with Crippen LogP contribution in [0.3, 0.4) is 0 Å². The topological polar surface area (TPSA) is 77.3 Å². The Morgan fingerprint density at radius 2 is 1.93 bits per heavy atom. The van der Waals surface area contributed by atoms with Crippen LogP contribution in [0.15, 0.2) is 51.5 Å². The lowest BCUT2D eigenvalue weighted by atomic mass is 10.1. The number of hydrogen-bond acceptors (Lipinski definition) is 5. The number of nitrogens with zero attached hydrogens (tertiary/aromatic N) is 1. The zero-order valence-corrected chi connectivity index (χ0v) is 15.8. The van der Waals surface area contributed by atoms with Crippen molar-refractivity contribution >= 4 is 22.8 Å². The van der Waals surface area contributed by atoms with E-state index in [0.29, 0.717) is 37.6 Å². The first-order valence-electron chi connectivity index (χ1n) is 9.51. The van der Waals surface area contributed by atoms with E-state index in [1.807, 2.05) is 29.2 Å². The van der Waals surface area contributed by atoms with Crippen molar-refractivity contribution in [2.75, 3.05) is 32.8 Å². The molecule has 1 aromatic carbocycles. The van der Waals surface area contributed by atoms with Crippen LogP contribution in [0.5, 0.6) is 0 Å². The Hall–Kier alpha value is -3.06. The summed E-state index contributed by atoms with van der Waals surface area (Å²) in [6.07, 6.45) is 1.51. The molecule has 1 aliphatic rings. The van der Waals surface area contributed by atoms with Gasteiger partial charge >= 0.3 is 5.97 Å². The SMILES string of the molecule is CCOC(=O)c1oc2ccccc2c1C[NH+]1CCN(C(=O)c2ccco2)CC1. The second-order valence-corrected chi connectivity index (χ2v) is 6.82. The Bertz CT molecular complexity index is 968. The average molecular weight is 383 g/mol. The molecule has 4 rings (SSSR count). The molecule has 2 aromatic heterocycles. The third-order valence-electron chi connectivity index (χ3n) is 5.08. The fourth-order valence-corrected chi connectivity index (χ4v) is 3.64. The van der Waals surface area contributed by atoms with Crippen molar-refractivity contribution in [2.45, 2.75) is 13.5 Å². The zero-order valence-electron chi connectivity index (χ0n) is 15.8. The molecule has 3 heterocycles. The van der Waals surface area contributed by atoms with Crippen LogP contribution in [0.2, 0.25) is 0 Å². The predicted molar refractivity (Wildman–Crippen MR) is 101 cm³/mol. The highest BCUT2D eigenvalue weighted by Gasteiger charge is 2.29. The summed E-state index contributed by atoms with van der Waals surface area (Å²) in [7, 11) is 0. The Kier molecular flexibility index (Phi) is 5.16. The number of hydrogen-bond donors (Lipinski definition) is 1. The van der Waals surface area contributed by atoms with Gasteiger partial charge < -0.3 is 23.4 Å². The van der Waals surface area contributed by atoms with Gasteiger partial charge in [0.2, 0.25) is 5.76 Å². The Morgan fingerprint density at radius 3 is 2.64 bits per heavy atom. The van der Waals surface area contributed by atoms with Crippen molar-refractivity contribution in [1.82, 2.24) is 4.90 Å². The van der Waals surface area contributed by atoms with Gasteiger partial charge in [-0.3, -0.25) is 4.79 Å². The second kappa shape index (κ2) is 7.90. The second-order valence-electron chi connectivity index (χ2n) is 6.82. The van der Waals surface area contributed by atoms with E-state index >= 15 is 0 Å². The minimum Gasteiger partial charge on any atom is -0.460 e. The Morgan fingerprint density at radius 1 is 1.14 bits per heavy atom. The molecule has 3 aromatic rings. The van der Waals surface area contributed by atoms with E-state index in [9.17, 15) is 9.59 Å². The maximum absolute atomic E-state index is 12.4. The van der Waals surface area contributed by atoms with E-state index in [1.54, 1.807) is 19.1 Å². The first-order chi connectivity index (χ1) is 13.7. The highest BCUT2D eigenvalue weighted by molar-refractivity contribution is 5.96. The number of benzene rings is 1. The quantitative estimate of drug-likeness (QED) is 0.679. The summed E-state index contributed by atoms with van der Waals surface area (Å²) in [5, 5.41) is 0.937. The lowest BCUT2D eigenvalue weighted by Gasteiger charge is -2.31. The molecule has 0 atom stereocenters. The van der Waals surface area contributed by atoms with Crippen LogP contribution >= 0.6 is 0 Å². The molecule has 1 fully saturated rings. The monoisotopic (exact) mass is 383 g/mol. The highest BCUT2D eigenvalue weighted by Crippen LogP contribution is 2.26. The third-order valence-corrected chi connectivity index (χ3v) is 5.08. The minimum atomic E-state index is -0.431. The Labute approximate surface area is 162 Å². The van der Waals surface area contributed by atoms with Gasteiger partial charge in [0, 0.05) is 5.39 Å². The molecule has 0 spiro atoms. The van der Waals surface area contributed by atoms with Crippen molar-refractivity contribution < 1.29 is 28.1 Å². The zero-order chi connectivity index (χ0) is 19.5. The maximum atomic E-state index is 12.4. The summed E-state index contributed by atoms with van der Waals surface area (Å²) in [5.74, 6) is 0.142. The minimum absolute atomic E-state index is 0.0787. The summed E-state index contributed by atoms with van der Waals surface area (Å²) in [6.45, 7) is 5.58. The summed E-state index contributed by atoms with van der Waals surface area (Å²) in [4.78, 5) is 27.9. The molecule has 1 N–H and O–H groups in total. The van der Waals surface area contributed by atoms with Crippen molar-refractivity contribution in [3.63, 3.8) is 0 Å². The average Bonchev–Trinajstić information content (AvgIpc) is 3.37. The summed E-state index contributed by atoms with van der Waals surface area (Å²) < 4.78 is 16.2. The predicted octanol–water partition coefficient (Wildman–Crippen LogP) is 1.74. The largest absolute Gasteiger partial charge is 0.460 e. The number of amides is 1. The third kappa shape index (κ3) is 3.53. The number of carbonyl (C=O) groups is 2.